The predicted octanol–water partition coefficient (Wildman–Crippen LogP) is -3.30. The molecule has 0 unspecified atom stereocenters. The van der Waals surface area contributed by atoms with Crippen LogP contribution in [0.25, 0.3) is 0 Å². The van der Waals surface area contributed by atoms with Crippen molar-refractivity contribution >= 4 is 0 Å². The van der Waals surface area contributed by atoms with E-state index in [1.807, 2.05) is 0 Å². The van der Waals surface area contributed by atoms with Crippen LogP contribution in [-0.2, 0) is 0 Å². The highest BCUT2D eigenvalue weighted by Gasteiger charge is 2.34. The lowest BCUT2D eigenvalue weighted by Gasteiger charge is -2.22. The summed E-state index contributed by atoms with van der Waals surface area (Å²) in [6.07, 6.45) is -3.35. The van der Waals surface area contributed by atoms with Gasteiger partial charge in [-0.05, 0) is 0 Å². The van der Waals surface area contributed by atoms with Gasteiger partial charge < -0.3 is 26.2 Å². The van der Waals surface area contributed by atoms with Crippen LogP contribution in [0.1, 0.15) is 0 Å². The second-order valence-electron chi connectivity index (χ2n) is 3.70. The molecule has 6 N–H and O–H groups in total. The Morgan fingerprint density at radius 3 is 2.36 bits per heavy atom. The number of likely N-dealkylation sites (tertiary alicyclic amines) is 1. The Bertz CT molecular complexity index is 165. The second kappa shape index (κ2) is 5.01. The third kappa shape index (κ3) is 2.63. The lowest BCUT2D eigenvalue weighted by Crippen LogP contribution is -2.48. The van der Waals surface area contributed by atoms with Gasteiger partial charge in [-0.25, -0.2) is 0 Å². The molecule has 0 amide bonds. The van der Waals surface area contributed by atoms with Crippen molar-refractivity contribution in [2.75, 3.05) is 26.2 Å². The van der Waals surface area contributed by atoms with E-state index in [4.69, 9.17) is 10.8 Å². The first-order valence-electron chi connectivity index (χ1n) is 4.69. The quantitative estimate of drug-likeness (QED) is 0.324. The molecule has 14 heavy (non-hydrogen) atoms. The molecule has 1 aliphatic rings. The monoisotopic (exact) mass is 206 g/mol. The van der Waals surface area contributed by atoms with Crippen molar-refractivity contribution in [2.45, 2.75) is 24.4 Å². The molecule has 1 rings (SSSR count). The minimum atomic E-state index is -1.21. The first kappa shape index (κ1) is 11.8. The van der Waals surface area contributed by atoms with E-state index in [0.29, 0.717) is 13.1 Å². The third-order valence-electron chi connectivity index (χ3n) is 2.51. The molecule has 6 heteroatoms. The van der Waals surface area contributed by atoms with Gasteiger partial charge in [0.1, 0.15) is 6.10 Å². The van der Waals surface area contributed by atoms with Crippen LogP contribution in [-0.4, -0.2) is 75.9 Å². The smallest absolute Gasteiger partial charge is 0.109 e. The average molecular weight is 206 g/mol. The van der Waals surface area contributed by atoms with E-state index in [-0.39, 0.29) is 13.2 Å². The third-order valence-corrected chi connectivity index (χ3v) is 2.51. The highest BCUT2D eigenvalue weighted by atomic mass is 16.4. The Labute approximate surface area is 82.6 Å². The van der Waals surface area contributed by atoms with Gasteiger partial charge in [0.25, 0.3) is 0 Å². The van der Waals surface area contributed by atoms with E-state index < -0.39 is 24.4 Å². The Hall–Kier alpha value is -0.240. The number of aliphatic hydroxyl groups excluding tert-OH is 4. The molecule has 6 nitrogen and oxygen atoms in total. The van der Waals surface area contributed by atoms with Crippen LogP contribution in [0.2, 0.25) is 0 Å². The van der Waals surface area contributed by atoms with E-state index in [1.165, 1.54) is 0 Å². The highest BCUT2D eigenvalue weighted by molar-refractivity contribution is 4.90. The van der Waals surface area contributed by atoms with E-state index in [2.05, 4.69) is 0 Å². The van der Waals surface area contributed by atoms with Gasteiger partial charge in [0.15, 0.2) is 0 Å². The molecule has 0 aromatic rings. The maximum absolute atomic E-state index is 9.46. The number of nitrogens with zero attached hydrogens (tertiary/aromatic N) is 1. The predicted molar refractivity (Wildman–Crippen MR) is 49.5 cm³/mol. The molecule has 0 aromatic heterocycles. The minimum Gasteiger partial charge on any atom is -0.395 e. The summed E-state index contributed by atoms with van der Waals surface area (Å²) in [5.41, 5.74) is 5.61. The molecule has 1 heterocycles. The number of hydrogen-bond donors (Lipinski definition) is 5. The van der Waals surface area contributed by atoms with Crippen molar-refractivity contribution in [1.29, 1.82) is 0 Å². The molecule has 1 fully saturated rings. The summed E-state index contributed by atoms with van der Waals surface area (Å²) in [7, 11) is 0. The molecule has 0 spiro atoms. The molecule has 4 atom stereocenters. The maximum Gasteiger partial charge on any atom is 0.109 e. The van der Waals surface area contributed by atoms with Gasteiger partial charge in [-0.3, -0.25) is 4.90 Å². The molecule has 1 saturated heterocycles. The minimum absolute atomic E-state index is 0.0361. The largest absolute Gasteiger partial charge is 0.395 e. The zero-order chi connectivity index (χ0) is 10.7. The van der Waals surface area contributed by atoms with Crippen LogP contribution in [0.5, 0.6) is 0 Å². The standard InChI is InChI=1S/C8H18N2O4/c9-5-3-10(1-2-11)4-6(12)8(14)7(5)13/h5-8,11-14H,1-4,9H2/t5-,6+,7+,8+/m0/s1. The summed E-state index contributed by atoms with van der Waals surface area (Å²) in [5, 5.41) is 37.1. The van der Waals surface area contributed by atoms with Crippen LogP contribution in [0.15, 0.2) is 0 Å². The topological polar surface area (TPSA) is 110 Å². The van der Waals surface area contributed by atoms with E-state index in [0.717, 1.165) is 0 Å². The van der Waals surface area contributed by atoms with Crippen LogP contribution in [0.4, 0.5) is 0 Å². The van der Waals surface area contributed by atoms with Crippen molar-refractivity contribution in [2.24, 2.45) is 5.73 Å². The summed E-state index contributed by atoms with van der Waals surface area (Å²) in [6, 6.07) is -0.603. The van der Waals surface area contributed by atoms with Crippen molar-refractivity contribution < 1.29 is 20.4 Å². The lowest BCUT2D eigenvalue weighted by molar-refractivity contribution is -0.0583. The summed E-state index contributed by atoms with van der Waals surface area (Å²) >= 11 is 0. The fourth-order valence-corrected chi connectivity index (χ4v) is 1.66. The first-order chi connectivity index (χ1) is 6.56. The van der Waals surface area contributed by atoms with Gasteiger partial charge >= 0.3 is 0 Å². The van der Waals surface area contributed by atoms with Gasteiger partial charge in [-0.1, -0.05) is 0 Å². The molecule has 0 aromatic carbocycles. The van der Waals surface area contributed by atoms with Gasteiger partial charge in [-0.2, -0.15) is 0 Å². The van der Waals surface area contributed by atoms with Crippen molar-refractivity contribution in [3.63, 3.8) is 0 Å². The van der Waals surface area contributed by atoms with Gasteiger partial charge in [0.05, 0.1) is 18.8 Å². The fraction of sp³-hybridized carbons (Fsp3) is 1.00. The van der Waals surface area contributed by atoms with E-state index >= 15 is 0 Å². The summed E-state index contributed by atoms with van der Waals surface area (Å²) in [6.45, 7) is 0.915. The lowest BCUT2D eigenvalue weighted by atomic mass is 10.0. The number of aliphatic hydroxyl groups is 4. The first-order valence-corrected chi connectivity index (χ1v) is 4.69. The molecule has 0 bridgehead atoms. The van der Waals surface area contributed by atoms with E-state index in [9.17, 15) is 15.3 Å². The SMILES string of the molecule is N[C@H]1CN(CCO)C[C@@H](O)[C@@H](O)[C@@H]1O. The van der Waals surface area contributed by atoms with Crippen LogP contribution >= 0.6 is 0 Å². The molecular weight excluding hydrogens is 188 g/mol. The van der Waals surface area contributed by atoms with Crippen LogP contribution in [0.3, 0.4) is 0 Å². The Kier molecular flexibility index (Phi) is 4.24. The molecule has 84 valence electrons. The number of hydrogen-bond acceptors (Lipinski definition) is 6. The Morgan fingerprint density at radius 2 is 1.79 bits per heavy atom. The Balaban J connectivity index is 2.62. The zero-order valence-electron chi connectivity index (χ0n) is 7.95. The number of β-amino-alcohol motifs (C(OH)–C–C–N with tert-alkyl or cyclic N) is 2. The fourth-order valence-electron chi connectivity index (χ4n) is 1.66. The normalized spacial score (nSPS) is 40.9. The van der Waals surface area contributed by atoms with E-state index in [1.54, 1.807) is 4.90 Å². The molecule has 1 aliphatic heterocycles. The summed E-state index contributed by atoms with van der Waals surface area (Å²) < 4.78 is 0. The van der Waals surface area contributed by atoms with Crippen LogP contribution < -0.4 is 5.73 Å². The van der Waals surface area contributed by atoms with Crippen LogP contribution in [0, 0.1) is 0 Å². The zero-order valence-corrected chi connectivity index (χ0v) is 7.95. The maximum atomic E-state index is 9.46. The second-order valence-corrected chi connectivity index (χ2v) is 3.70. The Morgan fingerprint density at radius 1 is 1.14 bits per heavy atom. The van der Waals surface area contributed by atoms with Crippen molar-refractivity contribution in [3.05, 3.63) is 0 Å². The number of rotatable bonds is 2. The molecular formula is C8H18N2O4. The van der Waals surface area contributed by atoms with Gasteiger partial charge in [0.2, 0.25) is 0 Å². The van der Waals surface area contributed by atoms with Crippen molar-refractivity contribution in [1.82, 2.24) is 4.90 Å². The average Bonchev–Trinajstić information content (AvgIpc) is 2.21. The van der Waals surface area contributed by atoms with Gasteiger partial charge in [-0.15, -0.1) is 0 Å². The highest BCUT2D eigenvalue weighted by Crippen LogP contribution is 2.11. The summed E-state index contributed by atoms with van der Waals surface area (Å²) in [4.78, 5) is 1.72. The molecule has 0 aliphatic carbocycles. The molecule has 0 saturated carbocycles. The number of nitrogens with two attached hydrogens (primary N) is 1. The van der Waals surface area contributed by atoms with Gasteiger partial charge in [0, 0.05) is 25.7 Å². The van der Waals surface area contributed by atoms with Crippen molar-refractivity contribution in [3.8, 4) is 0 Å². The molecule has 0 radical (unpaired) electrons. The summed E-state index contributed by atoms with van der Waals surface area (Å²) in [5.74, 6) is 0.